The van der Waals surface area contributed by atoms with E-state index in [1.165, 1.54) is 0 Å². The Morgan fingerprint density at radius 1 is 1.42 bits per heavy atom. The molecule has 3 nitrogen and oxygen atoms in total. The van der Waals surface area contributed by atoms with E-state index >= 15 is 0 Å². The Labute approximate surface area is 73.0 Å². The normalized spacial score (nSPS) is 12.9. The lowest BCUT2D eigenvalue weighted by molar-refractivity contribution is 0.643. The molecule has 1 atom stereocenters. The van der Waals surface area contributed by atoms with Gasteiger partial charge in [0.25, 0.3) is 0 Å². The molecule has 0 saturated heterocycles. The van der Waals surface area contributed by atoms with Crippen LogP contribution in [0.25, 0.3) is 0 Å². The van der Waals surface area contributed by atoms with Crippen LogP contribution in [0.15, 0.2) is 12.4 Å². The summed E-state index contributed by atoms with van der Waals surface area (Å²) in [6.07, 6.45) is 5.56. The van der Waals surface area contributed by atoms with Gasteiger partial charge in [0.1, 0.15) is 5.82 Å². The van der Waals surface area contributed by atoms with Crippen molar-refractivity contribution in [2.75, 3.05) is 0 Å². The van der Waals surface area contributed by atoms with E-state index in [1.807, 2.05) is 19.3 Å². The van der Waals surface area contributed by atoms with Crippen molar-refractivity contribution in [3.05, 3.63) is 23.8 Å². The van der Waals surface area contributed by atoms with Crippen molar-refractivity contribution in [3.63, 3.8) is 0 Å². The Kier molecular flexibility index (Phi) is 3.17. The van der Waals surface area contributed by atoms with Crippen LogP contribution in [-0.2, 0) is 6.42 Å². The second-order valence-corrected chi connectivity index (χ2v) is 3.01. The van der Waals surface area contributed by atoms with Crippen LogP contribution in [0.4, 0.5) is 0 Å². The molecule has 0 amide bonds. The topological polar surface area (TPSA) is 51.8 Å². The van der Waals surface area contributed by atoms with E-state index < -0.39 is 0 Å². The van der Waals surface area contributed by atoms with Crippen LogP contribution in [0, 0.1) is 6.92 Å². The van der Waals surface area contributed by atoms with Gasteiger partial charge in [-0.25, -0.2) is 9.97 Å². The van der Waals surface area contributed by atoms with Gasteiger partial charge in [0.15, 0.2) is 0 Å². The molecule has 0 aliphatic rings. The summed E-state index contributed by atoms with van der Waals surface area (Å²) >= 11 is 0. The maximum atomic E-state index is 5.79. The zero-order valence-corrected chi connectivity index (χ0v) is 7.62. The van der Waals surface area contributed by atoms with Crippen LogP contribution in [0.3, 0.4) is 0 Å². The van der Waals surface area contributed by atoms with E-state index in [1.54, 1.807) is 0 Å². The van der Waals surface area contributed by atoms with E-state index in [4.69, 9.17) is 5.73 Å². The second kappa shape index (κ2) is 4.16. The van der Waals surface area contributed by atoms with Crippen molar-refractivity contribution >= 4 is 0 Å². The molecule has 0 aromatic carbocycles. The van der Waals surface area contributed by atoms with Crippen molar-refractivity contribution < 1.29 is 0 Å². The van der Waals surface area contributed by atoms with Gasteiger partial charge < -0.3 is 5.73 Å². The number of aryl methyl sites for hydroxylation is 1. The molecule has 1 unspecified atom stereocenters. The maximum Gasteiger partial charge on any atom is 0.125 e. The third-order valence-electron chi connectivity index (χ3n) is 1.86. The van der Waals surface area contributed by atoms with Crippen LogP contribution >= 0.6 is 0 Å². The third kappa shape index (κ3) is 2.58. The van der Waals surface area contributed by atoms with Crippen molar-refractivity contribution in [1.29, 1.82) is 0 Å². The maximum absolute atomic E-state index is 5.79. The standard InChI is InChI=1S/C9H15N3/c1-3-9(10)4-8-5-11-7(2)12-6-8/h5-6,9H,3-4,10H2,1-2H3. The van der Waals surface area contributed by atoms with Gasteiger partial charge in [-0.2, -0.15) is 0 Å². The summed E-state index contributed by atoms with van der Waals surface area (Å²) in [6, 6.07) is 0.233. The largest absolute Gasteiger partial charge is 0.327 e. The Balaban J connectivity index is 2.58. The lowest BCUT2D eigenvalue weighted by atomic mass is 10.1. The van der Waals surface area contributed by atoms with Crippen molar-refractivity contribution in [2.24, 2.45) is 5.73 Å². The number of rotatable bonds is 3. The molecule has 12 heavy (non-hydrogen) atoms. The SMILES string of the molecule is CCC(N)Cc1cnc(C)nc1. The number of hydrogen-bond donors (Lipinski definition) is 1. The molecule has 0 radical (unpaired) electrons. The minimum atomic E-state index is 0.233. The molecule has 1 rings (SSSR count). The van der Waals surface area contributed by atoms with Crippen LogP contribution in [0.1, 0.15) is 24.7 Å². The van der Waals surface area contributed by atoms with Crippen molar-refractivity contribution in [3.8, 4) is 0 Å². The van der Waals surface area contributed by atoms with E-state index in [2.05, 4.69) is 16.9 Å². The summed E-state index contributed by atoms with van der Waals surface area (Å²) in [5, 5.41) is 0. The van der Waals surface area contributed by atoms with E-state index in [9.17, 15) is 0 Å². The molecule has 0 aliphatic heterocycles. The fourth-order valence-corrected chi connectivity index (χ4v) is 0.972. The summed E-state index contributed by atoms with van der Waals surface area (Å²) in [7, 11) is 0. The molecule has 0 fully saturated rings. The highest BCUT2D eigenvalue weighted by atomic mass is 14.8. The lowest BCUT2D eigenvalue weighted by Gasteiger charge is -2.07. The monoisotopic (exact) mass is 165 g/mol. The van der Waals surface area contributed by atoms with Gasteiger partial charge in [-0.1, -0.05) is 6.92 Å². The Morgan fingerprint density at radius 2 is 2.00 bits per heavy atom. The van der Waals surface area contributed by atoms with Crippen LogP contribution in [-0.4, -0.2) is 16.0 Å². The average Bonchev–Trinajstić information content (AvgIpc) is 2.09. The summed E-state index contributed by atoms with van der Waals surface area (Å²) < 4.78 is 0. The predicted molar refractivity (Wildman–Crippen MR) is 48.7 cm³/mol. The molecule has 0 spiro atoms. The summed E-state index contributed by atoms with van der Waals surface area (Å²) in [5.41, 5.74) is 6.91. The second-order valence-electron chi connectivity index (χ2n) is 3.01. The van der Waals surface area contributed by atoms with Crippen LogP contribution in [0.2, 0.25) is 0 Å². The number of nitrogens with two attached hydrogens (primary N) is 1. The molecule has 1 heterocycles. The fourth-order valence-electron chi connectivity index (χ4n) is 0.972. The van der Waals surface area contributed by atoms with Crippen molar-refractivity contribution in [2.45, 2.75) is 32.7 Å². The minimum Gasteiger partial charge on any atom is -0.327 e. The van der Waals surface area contributed by atoms with Gasteiger partial charge in [-0.3, -0.25) is 0 Å². The van der Waals surface area contributed by atoms with Gasteiger partial charge in [-0.05, 0) is 25.3 Å². The first kappa shape index (κ1) is 9.13. The van der Waals surface area contributed by atoms with Crippen LogP contribution < -0.4 is 5.73 Å². The Bertz CT molecular complexity index is 230. The molecular weight excluding hydrogens is 150 g/mol. The quantitative estimate of drug-likeness (QED) is 0.728. The van der Waals surface area contributed by atoms with Gasteiger partial charge >= 0.3 is 0 Å². The third-order valence-corrected chi connectivity index (χ3v) is 1.86. The number of aromatic nitrogens is 2. The van der Waals surface area contributed by atoms with Gasteiger partial charge in [-0.15, -0.1) is 0 Å². The average molecular weight is 165 g/mol. The minimum absolute atomic E-state index is 0.233. The Hall–Kier alpha value is -0.960. The first-order chi connectivity index (χ1) is 5.72. The molecule has 1 aromatic rings. The van der Waals surface area contributed by atoms with Gasteiger partial charge in [0.05, 0.1) is 0 Å². The predicted octanol–water partition coefficient (Wildman–Crippen LogP) is 1.06. The van der Waals surface area contributed by atoms with Crippen molar-refractivity contribution in [1.82, 2.24) is 9.97 Å². The van der Waals surface area contributed by atoms with E-state index in [0.717, 1.165) is 24.2 Å². The van der Waals surface area contributed by atoms with E-state index in [0.29, 0.717) is 0 Å². The molecule has 2 N–H and O–H groups in total. The highest BCUT2D eigenvalue weighted by Crippen LogP contribution is 2.01. The molecule has 1 aromatic heterocycles. The summed E-state index contributed by atoms with van der Waals surface area (Å²) in [5.74, 6) is 0.809. The zero-order valence-electron chi connectivity index (χ0n) is 7.62. The van der Waals surface area contributed by atoms with Gasteiger partial charge in [0.2, 0.25) is 0 Å². The van der Waals surface area contributed by atoms with E-state index in [-0.39, 0.29) is 6.04 Å². The molecule has 0 aliphatic carbocycles. The first-order valence-electron chi connectivity index (χ1n) is 4.25. The highest BCUT2D eigenvalue weighted by Gasteiger charge is 2.01. The molecule has 0 saturated carbocycles. The molecular formula is C9H15N3. The smallest absolute Gasteiger partial charge is 0.125 e. The molecule has 3 heteroatoms. The molecule has 66 valence electrons. The first-order valence-corrected chi connectivity index (χ1v) is 4.25. The molecule has 0 bridgehead atoms. The number of nitrogens with zero attached hydrogens (tertiary/aromatic N) is 2. The fraction of sp³-hybridized carbons (Fsp3) is 0.556. The number of hydrogen-bond acceptors (Lipinski definition) is 3. The lowest BCUT2D eigenvalue weighted by Crippen LogP contribution is -2.21. The Morgan fingerprint density at radius 3 is 2.50 bits per heavy atom. The summed E-state index contributed by atoms with van der Waals surface area (Å²) in [6.45, 7) is 3.96. The zero-order chi connectivity index (χ0) is 8.97. The summed E-state index contributed by atoms with van der Waals surface area (Å²) in [4.78, 5) is 8.20. The highest BCUT2D eigenvalue weighted by molar-refractivity contribution is 5.06. The van der Waals surface area contributed by atoms with Gasteiger partial charge in [0, 0.05) is 18.4 Å². The van der Waals surface area contributed by atoms with Crippen LogP contribution in [0.5, 0.6) is 0 Å².